The Labute approximate surface area is 330 Å². The molecule has 0 fully saturated rings. The number of thioether (sulfide) groups is 1. The highest BCUT2D eigenvalue weighted by Crippen LogP contribution is 2.26. The lowest BCUT2D eigenvalue weighted by atomic mass is 10.3. The summed E-state index contributed by atoms with van der Waals surface area (Å²) in [7, 11) is -4.32. The lowest BCUT2D eigenvalue weighted by molar-refractivity contribution is -0.141. The highest BCUT2D eigenvalue weighted by atomic mass is 32.2. The predicted octanol–water partition coefficient (Wildman–Crippen LogP) is -0.134. The zero-order valence-electron chi connectivity index (χ0n) is 30.3. The van der Waals surface area contributed by atoms with Crippen molar-refractivity contribution in [1.82, 2.24) is 39.3 Å². The van der Waals surface area contributed by atoms with E-state index in [2.05, 4.69) is 33.5 Å². The van der Waals surface area contributed by atoms with Gasteiger partial charge in [0.05, 0.1) is 21.0 Å². The Balaban J connectivity index is 0.000000329. The third-order valence-corrected chi connectivity index (χ3v) is 11.9. The normalized spacial score (nSPS) is 12.9. The highest BCUT2D eigenvalue weighted by molar-refractivity contribution is 8.00. The maximum atomic E-state index is 12.7. The van der Waals surface area contributed by atoms with E-state index in [4.69, 9.17) is 5.11 Å². The van der Waals surface area contributed by atoms with Crippen molar-refractivity contribution in [3.05, 3.63) is 99.7 Å². The van der Waals surface area contributed by atoms with Crippen molar-refractivity contribution < 1.29 is 46.2 Å². The standard InChI is InChI=1S/C16H20N4O6S2.C11H11N3O3S.C5H9NO3S/c1-11(21)18-13(15(22)23)8-27-14(20-16(24)19(2)10-17-20)9-28(25,26)12-6-4-3-5-7-12;1-13-9-12-14(11(13)15)7-8-18(16,17)10-5-3-2-4-6-10;1-3(7)6-4(2-10)5(8)9/h3-7,10,13-14H,8-9H2,1-2H3,(H,18,21)(H,22,23);2-9H,1H3;4,10H,2H2,1H3,(H,6,7)(H,8,9)/b;8-7+;/t13-,14?;;4-/m0.0/s1. The average Bonchev–Trinajstić information content (AvgIpc) is 3.66. The summed E-state index contributed by atoms with van der Waals surface area (Å²) >= 11 is 4.65. The number of nitrogens with zero attached hydrogens (tertiary/aromatic N) is 6. The van der Waals surface area contributed by atoms with Crippen LogP contribution < -0.4 is 22.0 Å². The second-order valence-electron chi connectivity index (χ2n) is 11.3. The average molecular weight is 857 g/mol. The molecule has 1 unspecified atom stereocenters. The van der Waals surface area contributed by atoms with Crippen molar-refractivity contribution in [2.24, 2.45) is 14.1 Å². The summed E-state index contributed by atoms with van der Waals surface area (Å²) < 4.78 is 53.6. The van der Waals surface area contributed by atoms with Crippen molar-refractivity contribution in [3.8, 4) is 0 Å². The van der Waals surface area contributed by atoms with Crippen LogP contribution in [0.25, 0.3) is 6.20 Å². The van der Waals surface area contributed by atoms with Crippen LogP contribution in [0.4, 0.5) is 0 Å². The first-order valence-corrected chi connectivity index (χ1v) is 20.8. The van der Waals surface area contributed by atoms with Gasteiger partial charge in [-0.25, -0.2) is 36.0 Å². The van der Waals surface area contributed by atoms with Gasteiger partial charge in [0.1, 0.15) is 30.1 Å². The molecule has 304 valence electrons. The van der Waals surface area contributed by atoms with Crippen LogP contribution in [0.2, 0.25) is 0 Å². The first-order valence-electron chi connectivity index (χ1n) is 15.9. The summed E-state index contributed by atoms with van der Waals surface area (Å²) in [5.74, 6) is -3.73. The third-order valence-electron chi connectivity index (χ3n) is 6.87. The number of carboxylic acids is 2. The molecule has 4 rings (SSSR count). The van der Waals surface area contributed by atoms with Gasteiger partial charge in [0.15, 0.2) is 9.84 Å². The van der Waals surface area contributed by atoms with Gasteiger partial charge in [-0.15, -0.1) is 11.8 Å². The monoisotopic (exact) mass is 856 g/mol. The van der Waals surface area contributed by atoms with Gasteiger partial charge in [0.2, 0.25) is 21.7 Å². The van der Waals surface area contributed by atoms with Gasteiger partial charge < -0.3 is 20.8 Å². The molecule has 0 radical (unpaired) electrons. The van der Waals surface area contributed by atoms with Crippen molar-refractivity contribution in [1.29, 1.82) is 0 Å². The topological polar surface area (TPSA) is 281 Å². The number of carbonyl (C=O) groups excluding carboxylic acids is 2. The Morgan fingerprint density at radius 3 is 1.68 bits per heavy atom. The van der Waals surface area contributed by atoms with E-state index in [1.54, 1.807) is 36.4 Å². The summed E-state index contributed by atoms with van der Waals surface area (Å²) in [6.45, 7) is 2.45. The molecule has 0 bridgehead atoms. The van der Waals surface area contributed by atoms with E-state index in [1.165, 1.54) is 74.0 Å². The summed E-state index contributed by atoms with van der Waals surface area (Å²) in [4.78, 5) is 67.0. The van der Waals surface area contributed by atoms with Gasteiger partial charge in [0, 0.05) is 45.6 Å². The molecule has 2 aromatic carbocycles. The van der Waals surface area contributed by atoms with Crippen LogP contribution in [0.5, 0.6) is 0 Å². The maximum Gasteiger partial charge on any atom is 0.349 e. The largest absolute Gasteiger partial charge is 0.480 e. The SMILES string of the molecule is CC(=O)N[C@@H](CS)C(=O)O.CC(=O)N[C@@H](CSC(CS(=O)(=O)c1ccccc1)n1ncn(C)c1=O)C(=O)O.Cn1cnn(/C=C/S(=O)(=O)c2ccccc2)c1=O. The first kappa shape index (κ1) is 46.7. The van der Waals surface area contributed by atoms with Crippen LogP contribution in [0, 0.1) is 0 Å². The number of benzene rings is 2. The van der Waals surface area contributed by atoms with E-state index in [1.807, 2.05) is 0 Å². The molecule has 4 N–H and O–H groups in total. The molecule has 0 spiro atoms. The molecule has 3 atom stereocenters. The second-order valence-corrected chi connectivity index (χ2v) is 16.8. The van der Waals surface area contributed by atoms with Gasteiger partial charge in [-0.05, 0) is 24.3 Å². The number of rotatable bonds is 15. The van der Waals surface area contributed by atoms with E-state index in [0.717, 1.165) is 32.7 Å². The van der Waals surface area contributed by atoms with Gasteiger partial charge in [-0.2, -0.15) is 32.2 Å². The number of amides is 2. The molecule has 24 heteroatoms. The van der Waals surface area contributed by atoms with Crippen LogP contribution >= 0.6 is 24.4 Å². The second kappa shape index (κ2) is 21.6. The molecule has 0 aliphatic rings. The summed E-state index contributed by atoms with van der Waals surface area (Å²) in [5.41, 5.74) is -0.943. The number of hydrogen-bond acceptors (Lipinski definition) is 14. The Hall–Kier alpha value is -5.46. The van der Waals surface area contributed by atoms with Crippen LogP contribution in [0.1, 0.15) is 19.2 Å². The van der Waals surface area contributed by atoms with Gasteiger partial charge in [-0.1, -0.05) is 36.4 Å². The van der Waals surface area contributed by atoms with Crippen LogP contribution in [0.3, 0.4) is 0 Å². The predicted molar refractivity (Wildman–Crippen MR) is 208 cm³/mol. The number of carboxylic acid groups (broad SMARTS) is 2. The Kier molecular flexibility index (Phi) is 18.0. The molecule has 0 saturated carbocycles. The van der Waals surface area contributed by atoms with Crippen LogP contribution in [-0.2, 0) is 52.9 Å². The van der Waals surface area contributed by atoms with Gasteiger partial charge in [0.25, 0.3) is 0 Å². The first-order chi connectivity index (χ1) is 26.2. The van der Waals surface area contributed by atoms with Crippen molar-refractivity contribution >= 4 is 74.0 Å². The van der Waals surface area contributed by atoms with E-state index < -0.39 is 72.1 Å². The minimum absolute atomic E-state index is 0.0845. The number of aromatic nitrogens is 6. The Bertz CT molecular complexity index is 2320. The number of carbonyl (C=O) groups is 4. The van der Waals surface area contributed by atoms with E-state index >= 15 is 0 Å². The maximum absolute atomic E-state index is 12.7. The number of nitrogens with one attached hydrogen (secondary N) is 2. The van der Waals surface area contributed by atoms with Crippen molar-refractivity contribution in [2.45, 2.75) is 41.1 Å². The van der Waals surface area contributed by atoms with Gasteiger partial charge >= 0.3 is 23.3 Å². The number of aryl methyl sites for hydroxylation is 2. The lowest BCUT2D eigenvalue weighted by Gasteiger charge is -2.19. The highest BCUT2D eigenvalue weighted by Gasteiger charge is 2.28. The minimum Gasteiger partial charge on any atom is -0.480 e. The molecule has 20 nitrogen and oxygen atoms in total. The smallest absolute Gasteiger partial charge is 0.349 e. The fourth-order valence-electron chi connectivity index (χ4n) is 4.07. The minimum atomic E-state index is -3.77. The van der Waals surface area contributed by atoms with Crippen LogP contribution in [-0.4, -0.2) is 109 Å². The molecule has 4 aromatic rings. The van der Waals surface area contributed by atoms with E-state index in [-0.39, 0.29) is 27.2 Å². The lowest BCUT2D eigenvalue weighted by Crippen LogP contribution is -2.42. The fourth-order valence-corrected chi connectivity index (χ4v) is 8.42. The molecule has 2 aromatic heterocycles. The number of thiol groups is 1. The number of hydrogen-bond donors (Lipinski definition) is 5. The van der Waals surface area contributed by atoms with E-state index in [0.29, 0.717) is 0 Å². The van der Waals surface area contributed by atoms with Crippen molar-refractivity contribution in [2.75, 3.05) is 17.3 Å². The number of sulfone groups is 2. The fraction of sp³-hybridized carbons (Fsp3) is 0.312. The summed E-state index contributed by atoms with van der Waals surface area (Å²) in [6.07, 6.45) is 3.68. The molecular weight excluding hydrogens is 817 g/mol. The molecule has 0 aliphatic heterocycles. The van der Waals surface area contributed by atoms with Crippen LogP contribution in [0.15, 0.2) is 98.1 Å². The Morgan fingerprint density at radius 2 is 1.27 bits per heavy atom. The number of aliphatic carboxylic acids is 2. The molecular formula is C32H40N8O12S4. The zero-order valence-corrected chi connectivity index (χ0v) is 33.6. The quantitative estimate of drug-likeness (QED) is 0.0974. The molecule has 2 heterocycles. The van der Waals surface area contributed by atoms with Crippen molar-refractivity contribution in [3.63, 3.8) is 0 Å². The molecule has 0 saturated heterocycles. The zero-order chi connectivity index (χ0) is 42.2. The van der Waals surface area contributed by atoms with Gasteiger partial charge in [-0.3, -0.25) is 18.7 Å². The summed E-state index contributed by atoms with van der Waals surface area (Å²) in [6, 6.07) is 13.6. The molecule has 2 amide bonds. The molecule has 0 aliphatic carbocycles. The molecule has 56 heavy (non-hydrogen) atoms. The summed E-state index contributed by atoms with van der Waals surface area (Å²) in [5, 5.41) is 29.7. The van der Waals surface area contributed by atoms with E-state index in [9.17, 15) is 50.7 Å². The Morgan fingerprint density at radius 1 is 0.786 bits per heavy atom. The third kappa shape index (κ3) is 14.6.